The predicted molar refractivity (Wildman–Crippen MR) is 77.6 cm³/mol. The minimum absolute atomic E-state index is 0.263. The maximum Gasteiger partial charge on any atom is 0.121 e. The summed E-state index contributed by atoms with van der Waals surface area (Å²) in [7, 11) is 0. The number of hydrogen-bond donors (Lipinski definition) is 1. The van der Waals surface area contributed by atoms with Crippen LogP contribution >= 0.6 is 0 Å². The van der Waals surface area contributed by atoms with Crippen molar-refractivity contribution in [3.8, 4) is 6.07 Å². The quantitative estimate of drug-likeness (QED) is 0.899. The Bertz CT molecular complexity index is 579. The van der Waals surface area contributed by atoms with Gasteiger partial charge in [-0.25, -0.2) is 0 Å². The highest BCUT2D eigenvalue weighted by Gasteiger charge is 2.09. The first-order valence-electron chi connectivity index (χ1n) is 6.44. The molecule has 0 heterocycles. The molecule has 2 aromatic carbocycles. The SMILES string of the molecule is Cc1ccc(C(C#N)NCc2cccc(C)c2)cc1. The number of nitrogens with zero attached hydrogens (tertiary/aromatic N) is 1. The van der Waals surface area contributed by atoms with Crippen molar-refractivity contribution in [1.82, 2.24) is 5.32 Å². The van der Waals surface area contributed by atoms with Gasteiger partial charge in [0.1, 0.15) is 6.04 Å². The minimum atomic E-state index is -0.263. The molecule has 1 unspecified atom stereocenters. The highest BCUT2D eigenvalue weighted by atomic mass is 14.9. The summed E-state index contributed by atoms with van der Waals surface area (Å²) in [6.07, 6.45) is 0. The average Bonchev–Trinajstić information content (AvgIpc) is 2.41. The molecule has 1 N–H and O–H groups in total. The van der Waals surface area contributed by atoms with Gasteiger partial charge in [-0.2, -0.15) is 5.26 Å². The molecular formula is C17H18N2. The largest absolute Gasteiger partial charge is 0.294 e. The molecule has 0 spiro atoms. The van der Waals surface area contributed by atoms with Crippen molar-refractivity contribution < 1.29 is 0 Å². The van der Waals surface area contributed by atoms with E-state index in [1.54, 1.807) is 0 Å². The molecule has 0 aliphatic carbocycles. The summed E-state index contributed by atoms with van der Waals surface area (Å²) in [4.78, 5) is 0. The van der Waals surface area contributed by atoms with Crippen LogP contribution in [0.4, 0.5) is 0 Å². The number of nitrogens with one attached hydrogen (secondary N) is 1. The standard InChI is InChI=1S/C17H18N2/c1-13-6-8-16(9-7-13)17(11-18)19-12-15-5-3-4-14(2)10-15/h3-10,17,19H,12H2,1-2H3. The zero-order chi connectivity index (χ0) is 13.7. The van der Waals surface area contributed by atoms with Crippen LogP contribution in [-0.2, 0) is 6.54 Å². The number of aryl methyl sites for hydroxylation is 2. The average molecular weight is 250 g/mol. The van der Waals surface area contributed by atoms with Crippen LogP contribution < -0.4 is 5.32 Å². The van der Waals surface area contributed by atoms with E-state index in [0.717, 1.165) is 5.56 Å². The van der Waals surface area contributed by atoms with E-state index < -0.39 is 0 Å². The molecule has 19 heavy (non-hydrogen) atoms. The minimum Gasteiger partial charge on any atom is -0.294 e. The summed E-state index contributed by atoms with van der Waals surface area (Å²) in [5, 5.41) is 12.6. The van der Waals surface area contributed by atoms with Crippen LogP contribution in [0.5, 0.6) is 0 Å². The number of nitriles is 1. The zero-order valence-corrected chi connectivity index (χ0v) is 11.4. The summed E-state index contributed by atoms with van der Waals surface area (Å²) < 4.78 is 0. The summed E-state index contributed by atoms with van der Waals surface area (Å²) in [5.74, 6) is 0. The van der Waals surface area contributed by atoms with Crippen molar-refractivity contribution in [2.45, 2.75) is 26.4 Å². The van der Waals surface area contributed by atoms with Gasteiger partial charge >= 0.3 is 0 Å². The van der Waals surface area contributed by atoms with Crippen LogP contribution in [0.15, 0.2) is 48.5 Å². The summed E-state index contributed by atoms with van der Waals surface area (Å²) in [5.41, 5.74) is 4.66. The van der Waals surface area contributed by atoms with Crippen molar-refractivity contribution in [1.29, 1.82) is 5.26 Å². The van der Waals surface area contributed by atoms with E-state index >= 15 is 0 Å². The zero-order valence-electron chi connectivity index (χ0n) is 11.4. The van der Waals surface area contributed by atoms with Crippen molar-refractivity contribution in [2.24, 2.45) is 0 Å². The summed E-state index contributed by atoms with van der Waals surface area (Å²) in [6.45, 7) is 4.82. The molecule has 2 aromatic rings. The second-order valence-corrected chi connectivity index (χ2v) is 4.84. The van der Waals surface area contributed by atoms with Gasteiger partial charge in [-0.05, 0) is 25.0 Å². The summed E-state index contributed by atoms with van der Waals surface area (Å²) in [6, 6.07) is 18.5. The van der Waals surface area contributed by atoms with Crippen molar-refractivity contribution in [3.63, 3.8) is 0 Å². The first-order chi connectivity index (χ1) is 9.19. The van der Waals surface area contributed by atoms with E-state index in [9.17, 15) is 5.26 Å². The first-order valence-corrected chi connectivity index (χ1v) is 6.44. The highest BCUT2D eigenvalue weighted by Crippen LogP contribution is 2.14. The number of benzene rings is 2. The normalized spacial score (nSPS) is 11.8. The Morgan fingerprint density at radius 2 is 1.79 bits per heavy atom. The van der Waals surface area contributed by atoms with Crippen LogP contribution in [0.25, 0.3) is 0 Å². The van der Waals surface area contributed by atoms with E-state index in [-0.39, 0.29) is 6.04 Å². The molecule has 0 bridgehead atoms. The maximum absolute atomic E-state index is 9.27. The van der Waals surface area contributed by atoms with Crippen molar-refractivity contribution >= 4 is 0 Å². The molecule has 2 nitrogen and oxygen atoms in total. The van der Waals surface area contributed by atoms with Gasteiger partial charge in [-0.3, -0.25) is 5.32 Å². The van der Waals surface area contributed by atoms with Crippen LogP contribution in [-0.4, -0.2) is 0 Å². The van der Waals surface area contributed by atoms with Crippen molar-refractivity contribution in [2.75, 3.05) is 0 Å². The van der Waals surface area contributed by atoms with E-state index in [0.29, 0.717) is 6.54 Å². The molecule has 96 valence electrons. The van der Waals surface area contributed by atoms with Gasteiger partial charge in [0.25, 0.3) is 0 Å². The smallest absolute Gasteiger partial charge is 0.121 e. The Kier molecular flexibility index (Phi) is 4.33. The van der Waals surface area contributed by atoms with Crippen LogP contribution in [0.1, 0.15) is 28.3 Å². The molecule has 2 rings (SSSR count). The fourth-order valence-electron chi connectivity index (χ4n) is 2.04. The van der Waals surface area contributed by atoms with Gasteiger partial charge in [0, 0.05) is 6.54 Å². The molecule has 0 fully saturated rings. The lowest BCUT2D eigenvalue weighted by molar-refractivity contribution is 0.630. The van der Waals surface area contributed by atoms with Gasteiger partial charge in [0.2, 0.25) is 0 Å². The fourth-order valence-corrected chi connectivity index (χ4v) is 2.04. The summed E-state index contributed by atoms with van der Waals surface area (Å²) >= 11 is 0. The lowest BCUT2D eigenvalue weighted by Gasteiger charge is -2.12. The first kappa shape index (κ1) is 13.3. The molecule has 0 aliphatic rings. The number of rotatable bonds is 4. The predicted octanol–water partition coefficient (Wildman–Crippen LogP) is 3.66. The fraction of sp³-hybridized carbons (Fsp3) is 0.235. The third-order valence-corrected chi connectivity index (χ3v) is 3.13. The Morgan fingerprint density at radius 3 is 2.42 bits per heavy atom. The molecule has 2 heteroatoms. The van der Waals surface area contributed by atoms with E-state index in [1.807, 2.05) is 37.3 Å². The maximum atomic E-state index is 9.27. The van der Waals surface area contributed by atoms with Crippen LogP contribution in [0.2, 0.25) is 0 Å². The molecule has 0 aliphatic heterocycles. The Balaban J connectivity index is 2.04. The Labute approximate surface area is 114 Å². The third-order valence-electron chi connectivity index (χ3n) is 3.13. The van der Waals surface area contributed by atoms with Crippen LogP contribution in [0, 0.1) is 25.2 Å². The monoisotopic (exact) mass is 250 g/mol. The second kappa shape index (κ2) is 6.17. The van der Waals surface area contributed by atoms with Gasteiger partial charge in [-0.15, -0.1) is 0 Å². The Morgan fingerprint density at radius 1 is 1.05 bits per heavy atom. The van der Waals surface area contributed by atoms with Crippen molar-refractivity contribution in [3.05, 3.63) is 70.8 Å². The molecule has 0 aromatic heterocycles. The lowest BCUT2D eigenvalue weighted by atomic mass is 10.1. The topological polar surface area (TPSA) is 35.8 Å². The molecule has 0 radical (unpaired) electrons. The second-order valence-electron chi connectivity index (χ2n) is 4.84. The molecule has 1 atom stereocenters. The third kappa shape index (κ3) is 3.67. The molecule has 0 saturated heterocycles. The molecule has 0 saturated carbocycles. The Hall–Kier alpha value is -2.11. The van der Waals surface area contributed by atoms with Gasteiger partial charge in [-0.1, -0.05) is 59.7 Å². The van der Waals surface area contributed by atoms with Gasteiger partial charge in [0.05, 0.1) is 6.07 Å². The van der Waals surface area contributed by atoms with Gasteiger partial charge in [0.15, 0.2) is 0 Å². The molecule has 0 amide bonds. The van der Waals surface area contributed by atoms with E-state index in [4.69, 9.17) is 0 Å². The number of hydrogen-bond acceptors (Lipinski definition) is 2. The van der Waals surface area contributed by atoms with Crippen LogP contribution in [0.3, 0.4) is 0 Å². The lowest BCUT2D eigenvalue weighted by Crippen LogP contribution is -2.19. The molecular weight excluding hydrogens is 232 g/mol. The highest BCUT2D eigenvalue weighted by molar-refractivity contribution is 5.28. The van der Waals surface area contributed by atoms with E-state index in [1.165, 1.54) is 16.7 Å². The van der Waals surface area contributed by atoms with Gasteiger partial charge < -0.3 is 0 Å². The van der Waals surface area contributed by atoms with E-state index in [2.05, 4.69) is 36.5 Å².